The van der Waals surface area contributed by atoms with Crippen LogP contribution in [0.25, 0.3) is 105 Å². The SMILES string of the molecule is [2H]c1cc2c(c([2H])c1-c1c([2H])c([2H])c3c(c1[2H])c1c([2H])c([2H])c([2H])c([2H])c1n3-c1c([2H])c([2H])c3c(c1[2H])c1c([2H])c([2H])c([2H])c([2H])c1n3-c1ccccc1-c1ccccc1)c1c([2H])c([2H])c([2H])c([2H])c1n2-c1ccccc1. The monoisotopic (exact) mass is 745 g/mol. The molecule has 0 radical (unpaired) electrons. The molecule has 12 rings (SSSR count). The number of para-hydroxylation sites is 5. The van der Waals surface area contributed by atoms with Crippen LogP contribution in [0.5, 0.6) is 0 Å². The van der Waals surface area contributed by atoms with Crippen LogP contribution in [0.15, 0.2) is 212 Å². The van der Waals surface area contributed by atoms with Gasteiger partial charge >= 0.3 is 0 Å². The highest BCUT2D eigenvalue weighted by Crippen LogP contribution is 2.41. The molecule has 0 aliphatic heterocycles. The molecule has 3 heterocycles. The number of fused-ring (bicyclic) bond motifs is 9. The van der Waals surface area contributed by atoms with Crippen molar-refractivity contribution in [1.82, 2.24) is 13.7 Å². The average molecular weight is 746 g/mol. The highest BCUT2D eigenvalue weighted by atomic mass is 15.0. The van der Waals surface area contributed by atoms with E-state index in [4.69, 9.17) is 11.0 Å². The third-order valence-electron chi connectivity index (χ3n) is 10.3. The maximum atomic E-state index is 10.1. The molecule has 0 aliphatic carbocycles. The molecule has 0 fully saturated rings. The van der Waals surface area contributed by atoms with Crippen molar-refractivity contribution in [2.24, 2.45) is 0 Å². The lowest BCUT2D eigenvalue weighted by atomic mass is 10.0. The van der Waals surface area contributed by atoms with Gasteiger partial charge in [-0.05, 0) is 95.3 Å². The molecular weight excluding hydrogens is 691 g/mol. The van der Waals surface area contributed by atoms with Crippen LogP contribution in [0, 0.1) is 0 Å². The lowest BCUT2D eigenvalue weighted by Crippen LogP contribution is -1.98. The van der Waals surface area contributed by atoms with Crippen LogP contribution in [-0.2, 0) is 0 Å². The summed E-state index contributed by atoms with van der Waals surface area (Å²) in [6, 6.07) is 12.8. The lowest BCUT2D eigenvalue weighted by molar-refractivity contribution is 1.17. The average Bonchev–Trinajstić information content (AvgIpc) is 4.21. The molecule has 0 amide bonds. The Hall–Kier alpha value is -7.62. The summed E-state index contributed by atoms with van der Waals surface area (Å²) in [6.07, 6.45) is 0. The standard InChI is InChI=1S/C54H35N3/c1-3-15-36(16-4-1)41-19-7-11-23-48(41)57-51-26-14-10-22-44(51)47-35-40(29-32-54(47)57)56-50-25-13-9-21-43(50)46-34-38(28-31-53(46)56)37-27-30-52-45(33-37)42-20-8-12-24-49(42)55(52)39-17-5-2-6-18-39/h1-35H/i8D,9D,10D,12D,13D,14D,20D,21D,22D,24D,25D,26D,27D,28D,29D,31D,32D,33D,34D,35D. The van der Waals surface area contributed by atoms with Crippen LogP contribution >= 0.6 is 0 Å². The summed E-state index contributed by atoms with van der Waals surface area (Å²) in [5.41, 5.74) is -0.654. The van der Waals surface area contributed by atoms with Crippen molar-refractivity contribution < 1.29 is 27.4 Å². The van der Waals surface area contributed by atoms with Crippen LogP contribution in [0.4, 0.5) is 0 Å². The molecule has 0 N–H and O–H groups in total. The number of hydrogen-bond acceptors (Lipinski definition) is 0. The van der Waals surface area contributed by atoms with E-state index < -0.39 is 159 Å². The summed E-state index contributed by atoms with van der Waals surface area (Å²) in [6.45, 7) is 0. The Bertz CT molecular complexity index is 4680. The minimum absolute atomic E-state index is 0.0163. The van der Waals surface area contributed by atoms with Crippen LogP contribution in [0.2, 0.25) is 0 Å². The van der Waals surface area contributed by atoms with Gasteiger partial charge in [-0.2, -0.15) is 0 Å². The molecule has 9 aromatic carbocycles. The second kappa shape index (κ2) is 12.5. The summed E-state index contributed by atoms with van der Waals surface area (Å²) in [5, 5.41) is -1.46. The Labute approximate surface area is 357 Å². The normalized spacial score (nSPS) is 16.8. The Morgan fingerprint density at radius 1 is 0.298 bits per heavy atom. The van der Waals surface area contributed by atoms with E-state index in [2.05, 4.69) is 0 Å². The fraction of sp³-hybridized carbons (Fsp3) is 0. The van der Waals surface area contributed by atoms with E-state index >= 15 is 0 Å². The van der Waals surface area contributed by atoms with Crippen molar-refractivity contribution in [3.8, 4) is 39.3 Å². The Kier molecular flexibility index (Phi) is 3.91. The molecule has 3 aromatic heterocycles. The number of benzene rings is 9. The number of rotatable bonds is 5. The number of hydrogen-bond donors (Lipinski definition) is 0. The van der Waals surface area contributed by atoms with Crippen LogP contribution in [-0.4, -0.2) is 13.7 Å². The first-order chi connectivity index (χ1) is 36.6. The smallest absolute Gasteiger partial charge is 0.0652 e. The summed E-state index contributed by atoms with van der Waals surface area (Å²) < 4.78 is 190. The fourth-order valence-corrected chi connectivity index (χ4v) is 7.81. The minimum atomic E-state index is -0.801. The molecule has 57 heavy (non-hydrogen) atoms. The first kappa shape index (κ1) is 17.9. The molecule has 0 aliphatic rings. The van der Waals surface area contributed by atoms with E-state index in [1.54, 1.807) is 66.7 Å². The van der Waals surface area contributed by atoms with Gasteiger partial charge in [0.15, 0.2) is 0 Å². The molecule has 0 spiro atoms. The topological polar surface area (TPSA) is 14.8 Å². The molecule has 0 saturated carbocycles. The highest BCUT2D eigenvalue weighted by Gasteiger charge is 2.19. The lowest BCUT2D eigenvalue weighted by Gasteiger charge is -2.14. The van der Waals surface area contributed by atoms with E-state index in [1.807, 2.05) is 18.2 Å². The largest absolute Gasteiger partial charge is 0.309 e. The van der Waals surface area contributed by atoms with Gasteiger partial charge in [0.2, 0.25) is 0 Å². The second-order valence-corrected chi connectivity index (χ2v) is 13.4. The minimum Gasteiger partial charge on any atom is -0.309 e. The van der Waals surface area contributed by atoms with Crippen molar-refractivity contribution in [3.63, 3.8) is 0 Å². The summed E-state index contributed by atoms with van der Waals surface area (Å²) in [4.78, 5) is 0. The van der Waals surface area contributed by atoms with Gasteiger partial charge in [-0.25, -0.2) is 0 Å². The maximum absolute atomic E-state index is 10.1. The van der Waals surface area contributed by atoms with Crippen molar-refractivity contribution in [3.05, 3.63) is 212 Å². The summed E-state index contributed by atoms with van der Waals surface area (Å²) in [7, 11) is 0. The van der Waals surface area contributed by atoms with E-state index in [0.29, 0.717) is 22.5 Å². The molecule has 0 unspecified atom stereocenters. The van der Waals surface area contributed by atoms with Crippen LogP contribution < -0.4 is 0 Å². The van der Waals surface area contributed by atoms with Crippen molar-refractivity contribution in [2.45, 2.75) is 0 Å². The third-order valence-corrected chi connectivity index (χ3v) is 10.3. The molecule has 3 nitrogen and oxygen atoms in total. The Morgan fingerprint density at radius 2 is 0.789 bits per heavy atom. The van der Waals surface area contributed by atoms with Crippen LogP contribution in [0.3, 0.4) is 0 Å². The second-order valence-electron chi connectivity index (χ2n) is 13.4. The first-order valence-electron chi connectivity index (χ1n) is 28.0. The van der Waals surface area contributed by atoms with Gasteiger partial charge in [0.05, 0.1) is 66.2 Å². The van der Waals surface area contributed by atoms with Gasteiger partial charge in [-0.3, -0.25) is 0 Å². The molecule has 0 bridgehead atoms. The molecule has 266 valence electrons. The molecule has 3 heteroatoms. The number of nitrogens with zero attached hydrogens (tertiary/aromatic N) is 3. The van der Waals surface area contributed by atoms with Gasteiger partial charge in [-0.15, -0.1) is 0 Å². The summed E-state index contributed by atoms with van der Waals surface area (Å²) in [5.74, 6) is 0. The van der Waals surface area contributed by atoms with Gasteiger partial charge in [-0.1, -0.05) is 133 Å². The van der Waals surface area contributed by atoms with Gasteiger partial charge in [0.25, 0.3) is 0 Å². The predicted octanol–water partition coefficient (Wildman–Crippen LogP) is 14.3. The zero-order chi connectivity index (χ0) is 54.9. The van der Waals surface area contributed by atoms with Crippen molar-refractivity contribution >= 4 is 65.4 Å². The van der Waals surface area contributed by atoms with E-state index in [0.717, 1.165) is 4.57 Å². The fourth-order valence-electron chi connectivity index (χ4n) is 7.81. The predicted molar refractivity (Wildman–Crippen MR) is 240 cm³/mol. The van der Waals surface area contributed by atoms with Gasteiger partial charge in [0.1, 0.15) is 0 Å². The quantitative estimate of drug-likeness (QED) is 0.167. The molecular formula is C54H35N3. The first-order valence-corrected chi connectivity index (χ1v) is 18.0. The van der Waals surface area contributed by atoms with Crippen molar-refractivity contribution in [2.75, 3.05) is 0 Å². The molecule has 0 atom stereocenters. The van der Waals surface area contributed by atoms with E-state index in [-0.39, 0.29) is 43.6 Å². The third kappa shape index (κ3) is 4.79. The van der Waals surface area contributed by atoms with E-state index in [9.17, 15) is 16.4 Å². The molecule has 12 aromatic rings. The van der Waals surface area contributed by atoms with E-state index in [1.165, 1.54) is 15.2 Å². The molecule has 0 saturated heterocycles. The van der Waals surface area contributed by atoms with Gasteiger partial charge < -0.3 is 13.7 Å². The Balaban J connectivity index is 1.25. The maximum Gasteiger partial charge on any atom is 0.0652 e. The van der Waals surface area contributed by atoms with Gasteiger partial charge in [0, 0.05) is 49.3 Å². The Morgan fingerprint density at radius 3 is 1.49 bits per heavy atom. The van der Waals surface area contributed by atoms with Crippen LogP contribution in [0.1, 0.15) is 27.4 Å². The zero-order valence-corrected chi connectivity index (χ0v) is 29.5. The highest BCUT2D eigenvalue weighted by molar-refractivity contribution is 6.14. The zero-order valence-electron chi connectivity index (χ0n) is 49.5. The van der Waals surface area contributed by atoms with Crippen molar-refractivity contribution in [1.29, 1.82) is 0 Å². The number of aromatic nitrogens is 3. The summed E-state index contributed by atoms with van der Waals surface area (Å²) >= 11 is 0.